The highest BCUT2D eigenvalue weighted by Crippen LogP contribution is 2.08. The Hall–Kier alpha value is -2.28. The molecule has 1 rings (SSSR count). The molecule has 0 aliphatic heterocycles. The van der Waals surface area contributed by atoms with Gasteiger partial charge in [0.05, 0.1) is 0 Å². The highest BCUT2D eigenvalue weighted by Gasteiger charge is 2.26. The number of thioether (sulfide) groups is 1. The maximum atomic E-state index is 12.4. The summed E-state index contributed by atoms with van der Waals surface area (Å²) in [7, 11) is 0. The Bertz CT molecular complexity index is 648. The third kappa shape index (κ3) is 7.31. The number of carbonyl (C=O) groups excluding carboxylic acids is 3. The van der Waals surface area contributed by atoms with E-state index in [1.165, 1.54) is 13.0 Å². The summed E-state index contributed by atoms with van der Waals surface area (Å²) in [5.41, 5.74) is 1.43. The van der Waals surface area contributed by atoms with Crippen LogP contribution in [0.5, 0.6) is 0 Å². The molecule has 0 saturated carbocycles. The third-order valence-electron chi connectivity index (χ3n) is 3.56. The van der Waals surface area contributed by atoms with E-state index in [2.05, 4.69) is 17.2 Å². The normalized spacial score (nSPS) is 12.6. The van der Waals surface area contributed by atoms with Crippen molar-refractivity contribution in [1.82, 2.24) is 10.6 Å². The molecule has 1 aromatic rings. The van der Waals surface area contributed by atoms with E-state index in [4.69, 9.17) is 4.74 Å². The Morgan fingerprint density at radius 3 is 2.69 bits per heavy atom. The minimum absolute atomic E-state index is 0.292. The van der Waals surface area contributed by atoms with Crippen LogP contribution in [0.1, 0.15) is 29.3 Å². The molecule has 0 unspecified atom stereocenters. The summed E-state index contributed by atoms with van der Waals surface area (Å²) in [5.74, 6) is -0.709. The van der Waals surface area contributed by atoms with Gasteiger partial charge in [-0.25, -0.2) is 4.79 Å². The molecule has 0 aliphatic carbocycles. The maximum absolute atomic E-state index is 12.4. The van der Waals surface area contributed by atoms with Crippen molar-refractivity contribution < 1.29 is 19.1 Å². The van der Waals surface area contributed by atoms with Gasteiger partial charge in [0.1, 0.15) is 6.04 Å². The molecule has 0 radical (unpaired) electrons. The first kappa shape index (κ1) is 21.8. The predicted octanol–water partition coefficient (Wildman–Crippen LogP) is 2.08. The highest BCUT2D eigenvalue weighted by molar-refractivity contribution is 7.98. The molecule has 0 aliphatic rings. The number of hydrogen-bond donors (Lipinski definition) is 2. The van der Waals surface area contributed by atoms with Crippen LogP contribution >= 0.6 is 11.8 Å². The Balaban J connectivity index is 2.75. The predicted molar refractivity (Wildman–Crippen MR) is 104 cm³/mol. The van der Waals surface area contributed by atoms with Gasteiger partial charge < -0.3 is 15.4 Å². The van der Waals surface area contributed by atoms with Crippen LogP contribution < -0.4 is 10.6 Å². The number of nitrogens with one attached hydrogen (secondary N) is 2. The summed E-state index contributed by atoms with van der Waals surface area (Å²) in [4.78, 5) is 36.7. The number of benzene rings is 1. The van der Waals surface area contributed by atoms with Gasteiger partial charge in [0.15, 0.2) is 6.10 Å². The van der Waals surface area contributed by atoms with E-state index in [0.29, 0.717) is 24.3 Å². The summed E-state index contributed by atoms with van der Waals surface area (Å²) in [5, 5.41) is 5.27. The fraction of sp³-hybridized carbons (Fsp3) is 0.421. The fourth-order valence-electron chi connectivity index (χ4n) is 2.14. The number of amides is 2. The van der Waals surface area contributed by atoms with Crippen LogP contribution in [0.4, 0.5) is 0 Å². The molecule has 7 heteroatoms. The van der Waals surface area contributed by atoms with E-state index < -0.39 is 24.0 Å². The van der Waals surface area contributed by atoms with Gasteiger partial charge in [-0.2, -0.15) is 11.8 Å². The van der Waals surface area contributed by atoms with Gasteiger partial charge in [0.25, 0.3) is 11.8 Å². The zero-order valence-electron chi connectivity index (χ0n) is 15.4. The SMILES string of the molecule is C=CCNC(=O)[C@H](C)OC(=O)[C@@H](CCSC)NC(=O)c1cccc(C)c1. The van der Waals surface area contributed by atoms with Crippen molar-refractivity contribution in [3.05, 3.63) is 48.0 Å². The third-order valence-corrected chi connectivity index (χ3v) is 4.21. The average molecular weight is 378 g/mol. The Kier molecular flexibility index (Phi) is 9.51. The second-order valence-electron chi connectivity index (χ2n) is 5.79. The minimum Gasteiger partial charge on any atom is -0.451 e. The number of rotatable bonds is 10. The lowest BCUT2D eigenvalue weighted by atomic mass is 10.1. The number of aryl methyl sites for hydroxylation is 1. The topological polar surface area (TPSA) is 84.5 Å². The average Bonchev–Trinajstić information content (AvgIpc) is 2.62. The van der Waals surface area contributed by atoms with Gasteiger partial charge in [0, 0.05) is 12.1 Å². The van der Waals surface area contributed by atoms with Gasteiger partial charge >= 0.3 is 5.97 Å². The van der Waals surface area contributed by atoms with E-state index in [1.54, 1.807) is 30.0 Å². The summed E-state index contributed by atoms with van der Waals surface area (Å²) < 4.78 is 5.22. The van der Waals surface area contributed by atoms with E-state index in [0.717, 1.165) is 5.56 Å². The van der Waals surface area contributed by atoms with E-state index in [-0.39, 0.29) is 5.91 Å². The number of ether oxygens (including phenoxy) is 1. The van der Waals surface area contributed by atoms with Gasteiger partial charge in [-0.3, -0.25) is 9.59 Å². The fourth-order valence-corrected chi connectivity index (χ4v) is 2.61. The molecule has 1 aromatic carbocycles. The number of carbonyl (C=O) groups is 3. The molecular formula is C19H26N2O4S. The van der Waals surface area contributed by atoms with Crippen molar-refractivity contribution in [1.29, 1.82) is 0 Å². The van der Waals surface area contributed by atoms with Crippen molar-refractivity contribution >= 4 is 29.5 Å². The largest absolute Gasteiger partial charge is 0.451 e. The molecule has 0 saturated heterocycles. The lowest BCUT2D eigenvalue weighted by molar-refractivity contribution is -0.156. The lowest BCUT2D eigenvalue weighted by Crippen LogP contribution is -2.45. The molecule has 0 spiro atoms. The van der Waals surface area contributed by atoms with Crippen LogP contribution in [0.2, 0.25) is 0 Å². The van der Waals surface area contributed by atoms with E-state index in [9.17, 15) is 14.4 Å². The zero-order valence-corrected chi connectivity index (χ0v) is 16.2. The Morgan fingerprint density at radius 2 is 2.08 bits per heavy atom. The van der Waals surface area contributed by atoms with Crippen LogP contribution in [0.3, 0.4) is 0 Å². The summed E-state index contributed by atoms with van der Waals surface area (Å²) in [6.07, 6.45) is 2.92. The lowest BCUT2D eigenvalue weighted by Gasteiger charge is -2.20. The molecule has 2 N–H and O–H groups in total. The van der Waals surface area contributed by atoms with Crippen molar-refractivity contribution in [2.75, 3.05) is 18.6 Å². The smallest absolute Gasteiger partial charge is 0.329 e. The summed E-state index contributed by atoms with van der Waals surface area (Å²) >= 11 is 1.56. The van der Waals surface area contributed by atoms with Crippen LogP contribution in [0, 0.1) is 6.92 Å². The van der Waals surface area contributed by atoms with Crippen LogP contribution in [-0.4, -0.2) is 48.5 Å². The van der Waals surface area contributed by atoms with Gasteiger partial charge in [0.2, 0.25) is 0 Å². The molecule has 6 nitrogen and oxygen atoms in total. The Morgan fingerprint density at radius 1 is 1.35 bits per heavy atom. The van der Waals surface area contributed by atoms with E-state index >= 15 is 0 Å². The minimum atomic E-state index is -0.949. The molecule has 0 fully saturated rings. The monoisotopic (exact) mass is 378 g/mol. The van der Waals surface area contributed by atoms with Gasteiger partial charge in [-0.1, -0.05) is 23.8 Å². The van der Waals surface area contributed by atoms with Crippen LogP contribution in [0.15, 0.2) is 36.9 Å². The molecule has 2 atom stereocenters. The standard InChI is InChI=1S/C19H26N2O4S/c1-5-10-20-17(22)14(3)25-19(24)16(9-11-26-4)21-18(23)15-8-6-7-13(2)12-15/h5-8,12,14,16H,1,9-11H2,2-4H3,(H,20,22)(H,21,23)/t14-,16+/m0/s1. The summed E-state index contributed by atoms with van der Waals surface area (Å²) in [6.45, 7) is 7.18. The molecule has 2 amide bonds. The summed E-state index contributed by atoms with van der Waals surface area (Å²) in [6, 6.07) is 6.29. The zero-order chi connectivity index (χ0) is 19.5. The first-order valence-electron chi connectivity index (χ1n) is 8.34. The molecule has 26 heavy (non-hydrogen) atoms. The molecular weight excluding hydrogens is 352 g/mol. The highest BCUT2D eigenvalue weighted by atomic mass is 32.2. The first-order chi connectivity index (χ1) is 12.4. The molecule has 0 aromatic heterocycles. The maximum Gasteiger partial charge on any atom is 0.329 e. The van der Waals surface area contributed by atoms with Crippen molar-refractivity contribution in [3.8, 4) is 0 Å². The van der Waals surface area contributed by atoms with Crippen LogP contribution in [-0.2, 0) is 14.3 Å². The number of hydrogen-bond acceptors (Lipinski definition) is 5. The molecule has 0 bridgehead atoms. The quantitative estimate of drug-likeness (QED) is 0.481. The Labute approximate surface area is 158 Å². The van der Waals surface area contributed by atoms with Crippen molar-refractivity contribution in [3.63, 3.8) is 0 Å². The van der Waals surface area contributed by atoms with E-state index in [1.807, 2.05) is 19.2 Å². The second kappa shape index (κ2) is 11.4. The number of esters is 1. The van der Waals surface area contributed by atoms with Gasteiger partial charge in [-0.05, 0) is 44.4 Å². The van der Waals surface area contributed by atoms with Crippen molar-refractivity contribution in [2.45, 2.75) is 32.4 Å². The second-order valence-corrected chi connectivity index (χ2v) is 6.78. The van der Waals surface area contributed by atoms with Crippen molar-refractivity contribution in [2.24, 2.45) is 0 Å². The first-order valence-corrected chi connectivity index (χ1v) is 9.74. The molecule has 142 valence electrons. The van der Waals surface area contributed by atoms with Crippen LogP contribution in [0.25, 0.3) is 0 Å². The molecule has 0 heterocycles. The van der Waals surface area contributed by atoms with Gasteiger partial charge in [-0.15, -0.1) is 6.58 Å².